The molecule has 0 aliphatic heterocycles. The number of benzene rings is 1. The molecule has 0 fully saturated rings. The summed E-state index contributed by atoms with van der Waals surface area (Å²) in [6.45, 7) is 0. The summed E-state index contributed by atoms with van der Waals surface area (Å²) in [4.78, 5) is -0.539. The molecule has 2 N–H and O–H groups in total. The number of nitrogen functional groups attached to an aromatic ring is 1. The number of anilines is 1. The van der Waals surface area contributed by atoms with Gasteiger partial charge in [0.05, 0.1) is 16.8 Å². The molecule has 2 aromatic rings. The molecule has 0 saturated heterocycles. The van der Waals surface area contributed by atoms with Crippen molar-refractivity contribution in [2.45, 2.75) is 4.90 Å². The van der Waals surface area contributed by atoms with Gasteiger partial charge in [-0.25, -0.2) is 12.8 Å². The monoisotopic (exact) mass is 290 g/mol. The van der Waals surface area contributed by atoms with Crippen LogP contribution in [-0.2, 0) is 9.84 Å². The molecule has 0 atom stereocenters. The Balaban J connectivity index is 2.68. The maximum atomic E-state index is 13.8. The van der Waals surface area contributed by atoms with Gasteiger partial charge in [-0.1, -0.05) is 16.8 Å². The highest BCUT2D eigenvalue weighted by Crippen LogP contribution is 2.33. The highest BCUT2D eigenvalue weighted by atomic mass is 35.5. The third-order valence-electron chi connectivity index (χ3n) is 2.28. The van der Waals surface area contributed by atoms with Gasteiger partial charge in [0.25, 0.3) is 0 Å². The van der Waals surface area contributed by atoms with Gasteiger partial charge in [0.15, 0.2) is 9.84 Å². The standard InChI is InChI=1S/C10H8ClFN2O3S/c1-18(15,16)9-7(11)2-5(3-8(9)12)6-4-14-17-10(6)13/h2-4H,13H2,1H3. The summed E-state index contributed by atoms with van der Waals surface area (Å²) < 4.78 is 41.1. The van der Waals surface area contributed by atoms with E-state index in [0.717, 1.165) is 12.3 Å². The van der Waals surface area contributed by atoms with E-state index in [1.807, 2.05) is 0 Å². The first-order valence-corrected chi connectivity index (χ1v) is 6.97. The second-order valence-corrected chi connectivity index (χ2v) is 6.00. The Morgan fingerprint density at radius 2 is 2.11 bits per heavy atom. The molecule has 0 spiro atoms. The van der Waals surface area contributed by atoms with Crippen molar-refractivity contribution in [1.82, 2.24) is 5.16 Å². The van der Waals surface area contributed by atoms with E-state index in [0.29, 0.717) is 11.1 Å². The first-order valence-electron chi connectivity index (χ1n) is 4.70. The van der Waals surface area contributed by atoms with Crippen molar-refractivity contribution >= 4 is 27.3 Å². The van der Waals surface area contributed by atoms with Gasteiger partial charge in [0.2, 0.25) is 5.88 Å². The summed E-state index contributed by atoms with van der Waals surface area (Å²) in [5.74, 6) is -0.946. The van der Waals surface area contributed by atoms with E-state index in [-0.39, 0.29) is 10.9 Å². The quantitative estimate of drug-likeness (QED) is 0.915. The first-order chi connectivity index (χ1) is 8.30. The number of hydrogen-bond acceptors (Lipinski definition) is 5. The van der Waals surface area contributed by atoms with E-state index < -0.39 is 20.5 Å². The van der Waals surface area contributed by atoms with Crippen LogP contribution in [0.2, 0.25) is 5.02 Å². The Bertz CT molecular complexity index is 689. The molecule has 0 radical (unpaired) electrons. The SMILES string of the molecule is CS(=O)(=O)c1c(F)cc(-c2cnoc2N)cc1Cl. The van der Waals surface area contributed by atoms with Crippen LogP contribution in [0.3, 0.4) is 0 Å². The van der Waals surface area contributed by atoms with Crippen LogP contribution in [0.4, 0.5) is 10.3 Å². The number of halogens is 2. The highest BCUT2D eigenvalue weighted by Gasteiger charge is 2.20. The molecule has 0 unspecified atom stereocenters. The predicted octanol–water partition coefficient (Wildman–Crippen LogP) is 2.12. The zero-order valence-corrected chi connectivity index (χ0v) is 10.7. The van der Waals surface area contributed by atoms with Crippen LogP contribution in [0.25, 0.3) is 11.1 Å². The molecule has 5 nitrogen and oxygen atoms in total. The van der Waals surface area contributed by atoms with Crippen LogP contribution in [-0.4, -0.2) is 19.8 Å². The molecule has 0 bridgehead atoms. The first kappa shape index (κ1) is 12.8. The maximum Gasteiger partial charge on any atom is 0.229 e. The van der Waals surface area contributed by atoms with Crippen molar-refractivity contribution in [2.75, 3.05) is 12.0 Å². The minimum Gasteiger partial charge on any atom is -0.367 e. The van der Waals surface area contributed by atoms with Crippen LogP contribution in [0, 0.1) is 5.82 Å². The average Bonchev–Trinajstić information content (AvgIpc) is 2.60. The molecular formula is C10H8ClFN2O3S. The number of nitrogens with two attached hydrogens (primary N) is 1. The molecule has 0 amide bonds. The van der Waals surface area contributed by atoms with Crippen molar-refractivity contribution in [3.63, 3.8) is 0 Å². The third kappa shape index (κ3) is 2.19. The largest absolute Gasteiger partial charge is 0.367 e. The lowest BCUT2D eigenvalue weighted by Crippen LogP contribution is -2.02. The Morgan fingerprint density at radius 1 is 1.44 bits per heavy atom. The van der Waals surface area contributed by atoms with E-state index >= 15 is 0 Å². The molecular weight excluding hydrogens is 283 g/mol. The maximum absolute atomic E-state index is 13.8. The molecule has 18 heavy (non-hydrogen) atoms. The Hall–Kier alpha value is -1.60. The number of nitrogens with zero attached hydrogens (tertiary/aromatic N) is 1. The Labute approximate surface area is 107 Å². The van der Waals surface area contributed by atoms with Gasteiger partial charge in [0.1, 0.15) is 10.7 Å². The average molecular weight is 291 g/mol. The molecule has 96 valence electrons. The molecule has 1 aromatic heterocycles. The normalized spacial score (nSPS) is 11.7. The van der Waals surface area contributed by atoms with E-state index in [1.165, 1.54) is 12.3 Å². The molecule has 1 aromatic carbocycles. The third-order valence-corrected chi connectivity index (χ3v) is 3.85. The zero-order valence-electron chi connectivity index (χ0n) is 9.15. The summed E-state index contributed by atoms with van der Waals surface area (Å²) in [7, 11) is -3.74. The topological polar surface area (TPSA) is 86.2 Å². The van der Waals surface area contributed by atoms with Gasteiger partial charge < -0.3 is 10.3 Å². The van der Waals surface area contributed by atoms with Gasteiger partial charge in [0, 0.05) is 6.26 Å². The number of aromatic nitrogens is 1. The number of sulfone groups is 1. The predicted molar refractivity (Wildman–Crippen MR) is 64.4 cm³/mol. The fourth-order valence-electron chi connectivity index (χ4n) is 1.54. The van der Waals surface area contributed by atoms with Crippen molar-refractivity contribution in [1.29, 1.82) is 0 Å². The molecule has 1 heterocycles. The van der Waals surface area contributed by atoms with Crippen LogP contribution in [0.15, 0.2) is 27.7 Å². The smallest absolute Gasteiger partial charge is 0.229 e. The van der Waals surface area contributed by atoms with E-state index in [1.54, 1.807) is 0 Å². The fraction of sp³-hybridized carbons (Fsp3) is 0.100. The summed E-state index contributed by atoms with van der Waals surface area (Å²) >= 11 is 5.78. The molecule has 8 heteroatoms. The van der Waals surface area contributed by atoms with Crippen LogP contribution < -0.4 is 5.73 Å². The minimum absolute atomic E-state index is 0.00225. The van der Waals surface area contributed by atoms with Crippen molar-refractivity contribution in [3.05, 3.63) is 29.2 Å². The zero-order chi connectivity index (χ0) is 13.5. The lowest BCUT2D eigenvalue weighted by Gasteiger charge is -2.06. The highest BCUT2D eigenvalue weighted by molar-refractivity contribution is 7.90. The Kier molecular flexibility index (Phi) is 3.04. The minimum atomic E-state index is -3.74. The van der Waals surface area contributed by atoms with E-state index in [9.17, 15) is 12.8 Å². The number of hydrogen-bond donors (Lipinski definition) is 1. The summed E-state index contributed by atoms with van der Waals surface area (Å²) in [5, 5.41) is 3.23. The van der Waals surface area contributed by atoms with Crippen molar-refractivity contribution in [3.8, 4) is 11.1 Å². The lowest BCUT2D eigenvalue weighted by molar-refractivity contribution is 0.436. The van der Waals surface area contributed by atoms with Crippen LogP contribution >= 0.6 is 11.6 Å². The van der Waals surface area contributed by atoms with Crippen LogP contribution in [0.5, 0.6) is 0 Å². The van der Waals surface area contributed by atoms with E-state index in [2.05, 4.69) is 9.68 Å². The van der Waals surface area contributed by atoms with Gasteiger partial charge in [-0.05, 0) is 17.7 Å². The fourth-order valence-corrected chi connectivity index (χ4v) is 2.99. The summed E-state index contributed by atoms with van der Waals surface area (Å²) in [6.07, 6.45) is 2.17. The summed E-state index contributed by atoms with van der Waals surface area (Å²) in [5.41, 5.74) is 6.12. The van der Waals surface area contributed by atoms with Crippen LogP contribution in [0.1, 0.15) is 0 Å². The molecule has 0 aliphatic rings. The van der Waals surface area contributed by atoms with Gasteiger partial charge in [-0.3, -0.25) is 0 Å². The van der Waals surface area contributed by atoms with Crippen molar-refractivity contribution < 1.29 is 17.3 Å². The molecule has 0 saturated carbocycles. The molecule has 0 aliphatic carbocycles. The Morgan fingerprint density at radius 3 is 2.56 bits per heavy atom. The lowest BCUT2D eigenvalue weighted by atomic mass is 10.1. The molecule has 2 rings (SSSR count). The number of rotatable bonds is 2. The van der Waals surface area contributed by atoms with Gasteiger partial charge in [-0.2, -0.15) is 0 Å². The van der Waals surface area contributed by atoms with Gasteiger partial charge >= 0.3 is 0 Å². The second kappa shape index (κ2) is 4.25. The van der Waals surface area contributed by atoms with E-state index in [4.69, 9.17) is 17.3 Å². The van der Waals surface area contributed by atoms with Gasteiger partial charge in [-0.15, -0.1) is 0 Å². The second-order valence-electron chi connectivity index (χ2n) is 3.64. The van der Waals surface area contributed by atoms with Crippen molar-refractivity contribution in [2.24, 2.45) is 0 Å². The summed E-state index contributed by atoms with van der Waals surface area (Å²) in [6, 6.07) is 2.31.